The van der Waals surface area contributed by atoms with Gasteiger partial charge < -0.3 is 5.32 Å². The Labute approximate surface area is 79.4 Å². The fraction of sp³-hybridized carbons (Fsp3) is 0.727. The van der Waals surface area contributed by atoms with Crippen molar-refractivity contribution in [2.75, 3.05) is 6.54 Å². The van der Waals surface area contributed by atoms with E-state index in [1.807, 2.05) is 0 Å². The highest BCUT2D eigenvalue weighted by molar-refractivity contribution is 5.80. The first-order valence-corrected chi connectivity index (χ1v) is 5.30. The quantitative estimate of drug-likeness (QED) is 0.658. The lowest BCUT2D eigenvalue weighted by atomic mass is 9.95. The Kier molecular flexibility index (Phi) is 2.67. The summed E-state index contributed by atoms with van der Waals surface area (Å²) in [5, 5.41) is 3.02. The first-order valence-electron chi connectivity index (χ1n) is 5.30. The number of nitrogens with one attached hydrogen (secondary N) is 1. The lowest BCUT2D eigenvalue weighted by Crippen LogP contribution is -2.31. The number of allylic oxidation sites excluding steroid dienone is 1. The molecule has 0 aromatic rings. The van der Waals surface area contributed by atoms with Crippen LogP contribution in [0.25, 0.3) is 0 Å². The van der Waals surface area contributed by atoms with E-state index in [1.165, 1.54) is 12.8 Å². The first-order chi connectivity index (χ1) is 6.36. The fourth-order valence-electron chi connectivity index (χ4n) is 1.73. The third-order valence-corrected chi connectivity index (χ3v) is 2.85. The highest BCUT2D eigenvalue weighted by Crippen LogP contribution is 2.27. The molecule has 2 aliphatic rings. The van der Waals surface area contributed by atoms with E-state index < -0.39 is 0 Å². The van der Waals surface area contributed by atoms with Crippen LogP contribution in [-0.2, 0) is 4.79 Å². The van der Waals surface area contributed by atoms with Gasteiger partial charge in [0, 0.05) is 6.54 Å². The van der Waals surface area contributed by atoms with Gasteiger partial charge >= 0.3 is 0 Å². The van der Waals surface area contributed by atoms with E-state index in [0.717, 1.165) is 31.7 Å². The normalized spacial score (nSPS) is 27.2. The van der Waals surface area contributed by atoms with Gasteiger partial charge in [-0.25, -0.2) is 0 Å². The molecule has 0 aromatic heterocycles. The maximum Gasteiger partial charge on any atom is 0.226 e. The van der Waals surface area contributed by atoms with Crippen molar-refractivity contribution < 1.29 is 4.79 Å². The summed E-state index contributed by atoms with van der Waals surface area (Å²) in [7, 11) is 0. The molecule has 2 aliphatic carbocycles. The minimum atomic E-state index is 0.160. The van der Waals surface area contributed by atoms with Crippen LogP contribution in [0.15, 0.2) is 12.2 Å². The summed E-state index contributed by atoms with van der Waals surface area (Å²) in [4.78, 5) is 11.6. The van der Waals surface area contributed by atoms with Gasteiger partial charge in [0.15, 0.2) is 0 Å². The van der Waals surface area contributed by atoms with Gasteiger partial charge in [-0.1, -0.05) is 12.2 Å². The van der Waals surface area contributed by atoms with Crippen LogP contribution in [0.2, 0.25) is 0 Å². The van der Waals surface area contributed by atoms with Crippen molar-refractivity contribution in [1.82, 2.24) is 5.32 Å². The van der Waals surface area contributed by atoms with Crippen LogP contribution in [0, 0.1) is 11.8 Å². The van der Waals surface area contributed by atoms with Gasteiger partial charge in [0.25, 0.3) is 0 Å². The standard InChI is InChI=1S/C11H17NO/c13-11(12-8-9-6-7-9)10-4-2-1-3-5-10/h2,4,9-10H,1,3,5-8H2,(H,12,13). The minimum absolute atomic E-state index is 0.160. The summed E-state index contributed by atoms with van der Waals surface area (Å²) >= 11 is 0. The molecule has 1 N–H and O–H groups in total. The number of hydrogen-bond acceptors (Lipinski definition) is 1. The molecule has 72 valence electrons. The van der Waals surface area contributed by atoms with Gasteiger partial charge in [-0.3, -0.25) is 4.79 Å². The number of carbonyl (C=O) groups is 1. The molecule has 0 heterocycles. The maximum atomic E-state index is 11.6. The smallest absolute Gasteiger partial charge is 0.226 e. The Morgan fingerprint density at radius 3 is 2.85 bits per heavy atom. The average Bonchev–Trinajstić information content (AvgIpc) is 2.99. The van der Waals surface area contributed by atoms with E-state index in [1.54, 1.807) is 0 Å². The second-order valence-electron chi connectivity index (χ2n) is 4.15. The predicted octanol–water partition coefficient (Wildman–Crippen LogP) is 1.87. The summed E-state index contributed by atoms with van der Waals surface area (Å²) in [6, 6.07) is 0. The molecule has 2 rings (SSSR count). The second-order valence-corrected chi connectivity index (χ2v) is 4.15. The van der Waals surface area contributed by atoms with Crippen LogP contribution in [0.4, 0.5) is 0 Å². The van der Waals surface area contributed by atoms with E-state index in [4.69, 9.17) is 0 Å². The van der Waals surface area contributed by atoms with Crippen molar-refractivity contribution in [3.8, 4) is 0 Å². The molecule has 1 fully saturated rings. The Morgan fingerprint density at radius 1 is 1.38 bits per heavy atom. The van der Waals surface area contributed by atoms with Crippen LogP contribution in [0.5, 0.6) is 0 Å². The molecular weight excluding hydrogens is 162 g/mol. The number of amides is 1. The lowest BCUT2D eigenvalue weighted by Gasteiger charge is -2.15. The second kappa shape index (κ2) is 3.95. The molecule has 1 unspecified atom stereocenters. The fourth-order valence-corrected chi connectivity index (χ4v) is 1.73. The number of carbonyl (C=O) groups excluding carboxylic acids is 1. The molecule has 0 spiro atoms. The van der Waals surface area contributed by atoms with Crippen LogP contribution in [0.3, 0.4) is 0 Å². The van der Waals surface area contributed by atoms with Crippen molar-refractivity contribution in [3.63, 3.8) is 0 Å². The van der Waals surface area contributed by atoms with E-state index in [9.17, 15) is 4.79 Å². The summed E-state index contributed by atoms with van der Waals surface area (Å²) in [5.41, 5.74) is 0. The van der Waals surface area contributed by atoms with Crippen molar-refractivity contribution in [3.05, 3.63) is 12.2 Å². The summed E-state index contributed by atoms with van der Waals surface area (Å²) < 4.78 is 0. The average molecular weight is 179 g/mol. The molecule has 0 aliphatic heterocycles. The number of hydrogen-bond donors (Lipinski definition) is 1. The molecule has 0 aromatic carbocycles. The molecule has 13 heavy (non-hydrogen) atoms. The van der Waals surface area contributed by atoms with Crippen LogP contribution >= 0.6 is 0 Å². The Bertz CT molecular complexity index is 218. The first kappa shape index (κ1) is 8.79. The van der Waals surface area contributed by atoms with Gasteiger partial charge in [0.05, 0.1) is 5.92 Å². The predicted molar refractivity (Wildman–Crippen MR) is 52.2 cm³/mol. The van der Waals surface area contributed by atoms with Crippen LogP contribution in [-0.4, -0.2) is 12.5 Å². The van der Waals surface area contributed by atoms with Gasteiger partial charge in [-0.2, -0.15) is 0 Å². The highest BCUT2D eigenvalue weighted by atomic mass is 16.1. The minimum Gasteiger partial charge on any atom is -0.355 e. The molecule has 1 amide bonds. The topological polar surface area (TPSA) is 29.1 Å². The van der Waals surface area contributed by atoms with E-state index in [-0.39, 0.29) is 11.8 Å². The highest BCUT2D eigenvalue weighted by Gasteiger charge is 2.23. The van der Waals surface area contributed by atoms with Crippen molar-refractivity contribution in [1.29, 1.82) is 0 Å². The van der Waals surface area contributed by atoms with Crippen molar-refractivity contribution in [2.24, 2.45) is 11.8 Å². The molecule has 0 bridgehead atoms. The summed E-state index contributed by atoms with van der Waals surface area (Å²) in [6.45, 7) is 0.906. The maximum absolute atomic E-state index is 11.6. The van der Waals surface area contributed by atoms with Crippen molar-refractivity contribution >= 4 is 5.91 Å². The van der Waals surface area contributed by atoms with E-state index >= 15 is 0 Å². The van der Waals surface area contributed by atoms with Crippen LogP contribution < -0.4 is 5.32 Å². The van der Waals surface area contributed by atoms with Gasteiger partial charge in [-0.15, -0.1) is 0 Å². The van der Waals surface area contributed by atoms with Crippen LogP contribution in [0.1, 0.15) is 32.1 Å². The van der Waals surface area contributed by atoms with Gasteiger partial charge in [-0.05, 0) is 38.0 Å². The molecular formula is C11H17NO. The largest absolute Gasteiger partial charge is 0.355 e. The number of rotatable bonds is 3. The Balaban J connectivity index is 1.74. The molecule has 1 saturated carbocycles. The molecule has 1 atom stereocenters. The Morgan fingerprint density at radius 2 is 2.23 bits per heavy atom. The lowest BCUT2D eigenvalue weighted by molar-refractivity contribution is -0.123. The zero-order valence-corrected chi connectivity index (χ0v) is 7.96. The molecule has 2 nitrogen and oxygen atoms in total. The molecule has 0 radical (unpaired) electrons. The van der Waals surface area contributed by atoms with Crippen molar-refractivity contribution in [2.45, 2.75) is 32.1 Å². The van der Waals surface area contributed by atoms with E-state index in [0.29, 0.717) is 0 Å². The molecule has 0 saturated heterocycles. The van der Waals surface area contributed by atoms with Gasteiger partial charge in [0.1, 0.15) is 0 Å². The van der Waals surface area contributed by atoms with E-state index in [2.05, 4.69) is 17.5 Å². The molecule has 2 heteroatoms. The Hall–Kier alpha value is -0.790. The SMILES string of the molecule is O=C(NCC1CC1)C1C=CCCC1. The monoisotopic (exact) mass is 179 g/mol. The summed E-state index contributed by atoms with van der Waals surface area (Å²) in [6.07, 6.45) is 10.1. The zero-order valence-electron chi connectivity index (χ0n) is 7.96. The zero-order chi connectivity index (χ0) is 9.10. The third-order valence-electron chi connectivity index (χ3n) is 2.85. The van der Waals surface area contributed by atoms with Gasteiger partial charge in [0.2, 0.25) is 5.91 Å². The third kappa shape index (κ3) is 2.58. The summed E-state index contributed by atoms with van der Waals surface area (Å²) in [5.74, 6) is 1.19.